The van der Waals surface area contributed by atoms with Crippen molar-refractivity contribution in [2.75, 3.05) is 0 Å². The highest BCUT2D eigenvalue weighted by molar-refractivity contribution is 9.10. The second-order valence-corrected chi connectivity index (χ2v) is 5.11. The minimum Gasteiger partial charge on any atom is -0.346 e. The van der Waals surface area contributed by atoms with Crippen LogP contribution in [0.1, 0.15) is 17.5 Å². The SMILES string of the molecule is N#CCc1cc2c3c(c1)c(Br)cn3CCC2. The fourth-order valence-corrected chi connectivity index (χ4v) is 3.10. The van der Waals surface area contributed by atoms with Crippen molar-refractivity contribution in [2.45, 2.75) is 25.8 Å². The highest BCUT2D eigenvalue weighted by Gasteiger charge is 2.16. The van der Waals surface area contributed by atoms with E-state index in [1.165, 1.54) is 22.9 Å². The standard InChI is InChI=1S/C13H11BrN2/c14-12-8-16-5-1-2-10-6-9(3-4-15)7-11(12)13(10)16/h6-8H,1-3,5H2. The van der Waals surface area contributed by atoms with E-state index in [1.54, 1.807) is 0 Å². The van der Waals surface area contributed by atoms with Crippen LogP contribution in [0.15, 0.2) is 22.8 Å². The summed E-state index contributed by atoms with van der Waals surface area (Å²) in [6.45, 7) is 1.10. The Labute approximate surface area is 103 Å². The predicted octanol–water partition coefficient (Wildman–Crippen LogP) is 3.42. The van der Waals surface area contributed by atoms with Gasteiger partial charge in [0.25, 0.3) is 0 Å². The average molecular weight is 275 g/mol. The molecule has 2 nitrogen and oxygen atoms in total. The molecule has 3 heteroatoms. The summed E-state index contributed by atoms with van der Waals surface area (Å²) in [6, 6.07) is 6.54. The van der Waals surface area contributed by atoms with E-state index in [1.807, 2.05) is 0 Å². The first-order valence-corrected chi connectivity index (χ1v) is 6.26. The Balaban J connectivity index is 2.33. The number of aromatic nitrogens is 1. The lowest BCUT2D eigenvalue weighted by Crippen LogP contribution is -2.06. The number of hydrogen-bond donors (Lipinski definition) is 0. The third kappa shape index (κ3) is 1.37. The number of benzene rings is 1. The first-order valence-electron chi connectivity index (χ1n) is 5.46. The quantitative estimate of drug-likeness (QED) is 0.784. The molecule has 0 saturated heterocycles. The van der Waals surface area contributed by atoms with E-state index in [4.69, 9.17) is 5.26 Å². The first-order chi connectivity index (χ1) is 7.79. The lowest BCUT2D eigenvalue weighted by Gasteiger charge is -2.16. The maximum absolute atomic E-state index is 8.78. The van der Waals surface area contributed by atoms with Crippen molar-refractivity contribution in [3.05, 3.63) is 33.9 Å². The van der Waals surface area contributed by atoms with Gasteiger partial charge in [0.1, 0.15) is 0 Å². The molecule has 0 atom stereocenters. The van der Waals surface area contributed by atoms with E-state index >= 15 is 0 Å². The van der Waals surface area contributed by atoms with Gasteiger partial charge < -0.3 is 4.57 Å². The first kappa shape index (κ1) is 9.92. The van der Waals surface area contributed by atoms with Gasteiger partial charge in [0.15, 0.2) is 0 Å². The normalized spacial score (nSPS) is 14.0. The van der Waals surface area contributed by atoms with E-state index in [0.29, 0.717) is 6.42 Å². The molecule has 0 amide bonds. The van der Waals surface area contributed by atoms with Crippen molar-refractivity contribution in [1.29, 1.82) is 5.26 Å². The number of aryl methyl sites for hydroxylation is 2. The molecule has 0 aliphatic carbocycles. The number of hydrogen-bond acceptors (Lipinski definition) is 1. The Morgan fingerprint density at radius 2 is 2.31 bits per heavy atom. The van der Waals surface area contributed by atoms with E-state index in [-0.39, 0.29) is 0 Å². The van der Waals surface area contributed by atoms with Crippen LogP contribution in [0.4, 0.5) is 0 Å². The van der Waals surface area contributed by atoms with Gasteiger partial charge in [-0.2, -0.15) is 5.26 Å². The summed E-state index contributed by atoms with van der Waals surface area (Å²) < 4.78 is 3.46. The van der Waals surface area contributed by atoms with Crippen molar-refractivity contribution in [3.8, 4) is 6.07 Å². The van der Waals surface area contributed by atoms with Crippen LogP contribution in [0.5, 0.6) is 0 Å². The molecule has 0 N–H and O–H groups in total. The zero-order valence-electron chi connectivity index (χ0n) is 8.83. The molecule has 2 aromatic rings. The van der Waals surface area contributed by atoms with Gasteiger partial charge in [-0.05, 0) is 46.0 Å². The van der Waals surface area contributed by atoms with Crippen LogP contribution in [-0.2, 0) is 19.4 Å². The summed E-state index contributed by atoms with van der Waals surface area (Å²) in [5, 5.41) is 10.0. The summed E-state index contributed by atoms with van der Waals surface area (Å²) >= 11 is 3.60. The molecule has 0 unspecified atom stereocenters. The third-order valence-electron chi connectivity index (χ3n) is 3.19. The smallest absolute Gasteiger partial charge is 0.0669 e. The van der Waals surface area contributed by atoms with E-state index < -0.39 is 0 Å². The van der Waals surface area contributed by atoms with Crippen molar-refractivity contribution in [1.82, 2.24) is 4.57 Å². The van der Waals surface area contributed by atoms with Crippen LogP contribution in [0.2, 0.25) is 0 Å². The lowest BCUT2D eigenvalue weighted by atomic mass is 9.99. The fraction of sp³-hybridized carbons (Fsp3) is 0.308. The topological polar surface area (TPSA) is 28.7 Å². The summed E-state index contributed by atoms with van der Waals surface area (Å²) in [5.74, 6) is 0. The van der Waals surface area contributed by atoms with Crippen molar-refractivity contribution in [3.63, 3.8) is 0 Å². The highest BCUT2D eigenvalue weighted by atomic mass is 79.9. The van der Waals surface area contributed by atoms with Gasteiger partial charge in [-0.1, -0.05) is 6.07 Å². The average Bonchev–Trinajstić information content (AvgIpc) is 2.58. The van der Waals surface area contributed by atoms with Gasteiger partial charge in [0.05, 0.1) is 18.0 Å². The van der Waals surface area contributed by atoms with Crippen LogP contribution in [-0.4, -0.2) is 4.57 Å². The number of nitriles is 1. The lowest BCUT2D eigenvalue weighted by molar-refractivity contribution is 0.635. The molecule has 1 aliphatic heterocycles. The minimum absolute atomic E-state index is 0.501. The molecule has 0 fully saturated rings. The molecular weight excluding hydrogens is 264 g/mol. The Bertz CT molecular complexity index is 604. The Morgan fingerprint density at radius 1 is 1.44 bits per heavy atom. The Hall–Kier alpha value is -1.27. The van der Waals surface area contributed by atoms with Gasteiger partial charge in [0.2, 0.25) is 0 Å². The van der Waals surface area contributed by atoms with Crippen LogP contribution >= 0.6 is 15.9 Å². The second kappa shape index (κ2) is 3.64. The minimum atomic E-state index is 0.501. The van der Waals surface area contributed by atoms with Crippen LogP contribution in [0.3, 0.4) is 0 Å². The van der Waals surface area contributed by atoms with Gasteiger partial charge in [0, 0.05) is 22.6 Å². The predicted molar refractivity (Wildman–Crippen MR) is 67.3 cm³/mol. The Kier molecular flexibility index (Phi) is 2.26. The van der Waals surface area contributed by atoms with E-state index in [9.17, 15) is 0 Å². The maximum Gasteiger partial charge on any atom is 0.0669 e. The summed E-state index contributed by atoms with van der Waals surface area (Å²) in [5.41, 5.74) is 3.87. The monoisotopic (exact) mass is 274 g/mol. The summed E-state index contributed by atoms with van der Waals surface area (Å²) in [6.07, 6.45) is 4.98. The van der Waals surface area contributed by atoms with Crippen LogP contribution < -0.4 is 0 Å². The third-order valence-corrected chi connectivity index (χ3v) is 3.82. The molecule has 0 saturated carbocycles. The van der Waals surface area contributed by atoms with Gasteiger partial charge >= 0.3 is 0 Å². The van der Waals surface area contributed by atoms with Crippen LogP contribution in [0.25, 0.3) is 10.9 Å². The molecular formula is C13H11BrN2. The molecule has 0 bridgehead atoms. The molecule has 3 rings (SSSR count). The molecule has 1 aromatic heterocycles. The van der Waals surface area contributed by atoms with Crippen molar-refractivity contribution in [2.24, 2.45) is 0 Å². The largest absolute Gasteiger partial charge is 0.346 e. The summed E-state index contributed by atoms with van der Waals surface area (Å²) in [4.78, 5) is 0. The zero-order valence-corrected chi connectivity index (χ0v) is 10.4. The maximum atomic E-state index is 8.78. The van der Waals surface area contributed by atoms with Crippen molar-refractivity contribution < 1.29 is 0 Å². The molecule has 16 heavy (non-hydrogen) atoms. The molecule has 2 heterocycles. The molecule has 1 aromatic carbocycles. The molecule has 0 radical (unpaired) electrons. The summed E-state index contributed by atoms with van der Waals surface area (Å²) in [7, 11) is 0. The van der Waals surface area contributed by atoms with E-state index in [0.717, 1.165) is 23.0 Å². The molecule has 0 spiro atoms. The Morgan fingerprint density at radius 3 is 3.12 bits per heavy atom. The van der Waals surface area contributed by atoms with Gasteiger partial charge in [-0.15, -0.1) is 0 Å². The number of nitrogens with zero attached hydrogens (tertiary/aromatic N) is 2. The fourth-order valence-electron chi connectivity index (χ4n) is 2.55. The highest BCUT2D eigenvalue weighted by Crippen LogP contribution is 2.33. The van der Waals surface area contributed by atoms with Gasteiger partial charge in [-0.25, -0.2) is 0 Å². The molecule has 1 aliphatic rings. The molecule has 80 valence electrons. The zero-order chi connectivity index (χ0) is 11.1. The van der Waals surface area contributed by atoms with Crippen LogP contribution in [0, 0.1) is 11.3 Å². The second-order valence-electron chi connectivity index (χ2n) is 4.26. The number of rotatable bonds is 1. The van der Waals surface area contributed by atoms with Gasteiger partial charge in [-0.3, -0.25) is 0 Å². The number of halogens is 1. The van der Waals surface area contributed by atoms with E-state index in [2.05, 4.69) is 44.9 Å². The van der Waals surface area contributed by atoms with Crippen molar-refractivity contribution >= 4 is 26.8 Å².